The molecule has 19 heavy (non-hydrogen) atoms. The average molecular weight is 279 g/mol. The van der Waals surface area contributed by atoms with Crippen LogP contribution in [-0.4, -0.2) is 30.6 Å². The van der Waals surface area contributed by atoms with Crippen molar-refractivity contribution in [2.45, 2.75) is 31.8 Å². The van der Waals surface area contributed by atoms with E-state index in [-0.39, 0.29) is 5.97 Å². The summed E-state index contributed by atoms with van der Waals surface area (Å²) in [5, 5.41) is 3.60. The molecule has 3 nitrogen and oxygen atoms in total. The van der Waals surface area contributed by atoms with Crippen LogP contribution >= 0.6 is 11.8 Å². The Bertz CT molecular complexity index is 416. The summed E-state index contributed by atoms with van der Waals surface area (Å²) in [6.45, 7) is 0.832. The summed E-state index contributed by atoms with van der Waals surface area (Å²) in [5.41, 5.74) is 2.26. The molecule has 1 aromatic rings. The maximum absolute atomic E-state index is 11.4. The molecule has 0 bridgehead atoms. The van der Waals surface area contributed by atoms with Crippen LogP contribution < -0.4 is 5.32 Å². The van der Waals surface area contributed by atoms with Crippen LogP contribution in [0.25, 0.3) is 0 Å². The summed E-state index contributed by atoms with van der Waals surface area (Å²) in [6.07, 6.45) is 2.91. The molecular formula is C15H21NO2S. The Labute approximate surface area is 119 Å². The maximum atomic E-state index is 11.4. The lowest BCUT2D eigenvalue weighted by molar-refractivity contribution is -0.139. The minimum Gasteiger partial charge on any atom is -0.469 e. The minimum absolute atomic E-state index is 0.180. The van der Waals surface area contributed by atoms with Gasteiger partial charge in [0, 0.05) is 18.3 Å². The number of benzene rings is 1. The number of nitrogens with one attached hydrogen (secondary N) is 1. The Balaban J connectivity index is 1.93. The van der Waals surface area contributed by atoms with Crippen molar-refractivity contribution in [2.24, 2.45) is 0 Å². The molecule has 0 aliphatic carbocycles. The Hall–Kier alpha value is -1.00. The molecule has 1 fully saturated rings. The van der Waals surface area contributed by atoms with Gasteiger partial charge in [0.15, 0.2) is 0 Å². The van der Waals surface area contributed by atoms with Gasteiger partial charge in [0.05, 0.1) is 13.5 Å². The summed E-state index contributed by atoms with van der Waals surface area (Å²) in [6, 6.07) is 8.68. The zero-order valence-electron chi connectivity index (χ0n) is 11.4. The van der Waals surface area contributed by atoms with Gasteiger partial charge in [0.1, 0.15) is 0 Å². The number of methoxy groups -OCH3 is 1. The summed E-state index contributed by atoms with van der Waals surface area (Å²) < 4.78 is 4.74. The summed E-state index contributed by atoms with van der Waals surface area (Å²) in [7, 11) is 1.43. The highest BCUT2D eigenvalue weighted by Gasteiger charge is 2.14. The van der Waals surface area contributed by atoms with Crippen LogP contribution in [0.3, 0.4) is 0 Å². The van der Waals surface area contributed by atoms with Crippen molar-refractivity contribution in [2.75, 3.05) is 18.6 Å². The van der Waals surface area contributed by atoms with Gasteiger partial charge in [0.2, 0.25) is 0 Å². The predicted molar refractivity (Wildman–Crippen MR) is 79.3 cm³/mol. The molecule has 0 spiro atoms. The van der Waals surface area contributed by atoms with E-state index in [0.717, 1.165) is 12.1 Å². The van der Waals surface area contributed by atoms with Gasteiger partial charge in [-0.25, -0.2) is 0 Å². The molecule has 1 aliphatic heterocycles. The standard InChI is InChI=1S/C15H21NO2S/c1-18-15(17)9-12-5-2-3-6-13(12)10-16-14-7-4-8-19-11-14/h2-3,5-6,14,16H,4,7-11H2,1H3. The normalized spacial score (nSPS) is 19.1. The van der Waals surface area contributed by atoms with Crippen molar-refractivity contribution in [1.29, 1.82) is 0 Å². The van der Waals surface area contributed by atoms with E-state index < -0.39 is 0 Å². The van der Waals surface area contributed by atoms with Crippen LogP contribution in [0.2, 0.25) is 0 Å². The van der Waals surface area contributed by atoms with Gasteiger partial charge >= 0.3 is 5.97 Å². The van der Waals surface area contributed by atoms with Gasteiger partial charge in [-0.3, -0.25) is 4.79 Å². The van der Waals surface area contributed by atoms with Crippen molar-refractivity contribution in [3.63, 3.8) is 0 Å². The molecule has 0 radical (unpaired) electrons. The van der Waals surface area contributed by atoms with E-state index in [2.05, 4.69) is 11.4 Å². The molecule has 1 N–H and O–H groups in total. The smallest absolute Gasteiger partial charge is 0.309 e. The number of thioether (sulfide) groups is 1. The first-order valence-corrected chi connectivity index (χ1v) is 7.90. The number of ether oxygens (including phenoxy) is 1. The van der Waals surface area contributed by atoms with Crippen LogP contribution in [0, 0.1) is 0 Å². The Kier molecular flexibility index (Phi) is 5.73. The second-order valence-corrected chi connectivity index (χ2v) is 5.97. The van der Waals surface area contributed by atoms with Gasteiger partial charge in [0.25, 0.3) is 0 Å². The van der Waals surface area contributed by atoms with Crippen LogP contribution in [-0.2, 0) is 22.5 Å². The summed E-state index contributed by atoms with van der Waals surface area (Å²) in [4.78, 5) is 11.4. The zero-order chi connectivity index (χ0) is 13.5. The molecule has 0 amide bonds. The van der Waals surface area contributed by atoms with Gasteiger partial charge in [-0.2, -0.15) is 11.8 Å². The average Bonchev–Trinajstić information content (AvgIpc) is 2.47. The number of carbonyl (C=O) groups is 1. The molecule has 1 unspecified atom stereocenters. The molecule has 1 aromatic carbocycles. The molecule has 1 aliphatic rings. The predicted octanol–water partition coefficient (Wildman–Crippen LogP) is 2.39. The highest BCUT2D eigenvalue weighted by molar-refractivity contribution is 7.99. The largest absolute Gasteiger partial charge is 0.469 e. The highest BCUT2D eigenvalue weighted by Crippen LogP contribution is 2.18. The summed E-state index contributed by atoms with van der Waals surface area (Å²) in [5.74, 6) is 2.30. The SMILES string of the molecule is COC(=O)Cc1ccccc1CNC1CCCSC1. The van der Waals surface area contributed by atoms with Crippen molar-refractivity contribution < 1.29 is 9.53 Å². The number of hydrogen-bond acceptors (Lipinski definition) is 4. The van der Waals surface area contributed by atoms with E-state index in [4.69, 9.17) is 4.74 Å². The first-order valence-electron chi connectivity index (χ1n) is 6.74. The van der Waals surface area contributed by atoms with E-state index in [9.17, 15) is 4.79 Å². The lowest BCUT2D eigenvalue weighted by atomic mass is 10.0. The number of esters is 1. The molecule has 2 rings (SSSR count). The monoisotopic (exact) mass is 279 g/mol. The third kappa shape index (κ3) is 4.55. The van der Waals surface area contributed by atoms with Crippen LogP contribution in [0.5, 0.6) is 0 Å². The zero-order valence-corrected chi connectivity index (χ0v) is 12.2. The first-order chi connectivity index (χ1) is 9.29. The van der Waals surface area contributed by atoms with Gasteiger partial charge in [-0.15, -0.1) is 0 Å². The van der Waals surface area contributed by atoms with E-state index in [1.54, 1.807) is 0 Å². The Morgan fingerprint density at radius 2 is 2.21 bits per heavy atom. The van der Waals surface area contributed by atoms with Crippen LogP contribution in [0.15, 0.2) is 24.3 Å². The second kappa shape index (κ2) is 7.56. The van der Waals surface area contributed by atoms with Crippen molar-refractivity contribution >= 4 is 17.7 Å². The van der Waals surface area contributed by atoms with E-state index in [1.165, 1.54) is 37.0 Å². The molecule has 0 aromatic heterocycles. The Morgan fingerprint density at radius 3 is 2.89 bits per heavy atom. The number of carbonyl (C=O) groups excluding carboxylic acids is 1. The van der Waals surface area contributed by atoms with Crippen molar-refractivity contribution in [3.8, 4) is 0 Å². The minimum atomic E-state index is -0.180. The van der Waals surface area contributed by atoms with E-state index >= 15 is 0 Å². The molecule has 1 atom stereocenters. The quantitative estimate of drug-likeness (QED) is 0.840. The van der Waals surface area contributed by atoms with Crippen molar-refractivity contribution in [1.82, 2.24) is 5.32 Å². The van der Waals surface area contributed by atoms with Gasteiger partial charge in [-0.05, 0) is 29.7 Å². The lowest BCUT2D eigenvalue weighted by Gasteiger charge is -2.23. The highest BCUT2D eigenvalue weighted by atomic mass is 32.2. The molecule has 1 saturated heterocycles. The Morgan fingerprint density at radius 1 is 1.42 bits per heavy atom. The topological polar surface area (TPSA) is 38.3 Å². The fraction of sp³-hybridized carbons (Fsp3) is 0.533. The molecular weight excluding hydrogens is 258 g/mol. The summed E-state index contributed by atoms with van der Waals surface area (Å²) >= 11 is 2.02. The molecule has 1 heterocycles. The number of hydrogen-bond donors (Lipinski definition) is 1. The van der Waals surface area contributed by atoms with Crippen LogP contribution in [0.1, 0.15) is 24.0 Å². The van der Waals surface area contributed by atoms with Gasteiger partial charge < -0.3 is 10.1 Å². The van der Waals surface area contributed by atoms with Crippen molar-refractivity contribution in [3.05, 3.63) is 35.4 Å². The number of rotatable bonds is 5. The maximum Gasteiger partial charge on any atom is 0.309 e. The van der Waals surface area contributed by atoms with E-state index in [0.29, 0.717) is 12.5 Å². The third-order valence-electron chi connectivity index (χ3n) is 3.42. The van der Waals surface area contributed by atoms with E-state index in [1.807, 2.05) is 30.0 Å². The third-order valence-corrected chi connectivity index (χ3v) is 4.64. The molecule has 0 saturated carbocycles. The van der Waals surface area contributed by atoms with Crippen LogP contribution in [0.4, 0.5) is 0 Å². The molecule has 104 valence electrons. The first kappa shape index (κ1) is 14.4. The second-order valence-electron chi connectivity index (χ2n) is 4.82. The lowest BCUT2D eigenvalue weighted by Crippen LogP contribution is -2.33. The fourth-order valence-electron chi connectivity index (χ4n) is 2.29. The fourth-order valence-corrected chi connectivity index (χ4v) is 3.39. The molecule has 4 heteroatoms. The van der Waals surface area contributed by atoms with Gasteiger partial charge in [-0.1, -0.05) is 24.3 Å².